The fourth-order valence-electron chi connectivity index (χ4n) is 5.86. The van der Waals surface area contributed by atoms with E-state index in [0.717, 1.165) is 44.2 Å². The van der Waals surface area contributed by atoms with Crippen LogP contribution in [-0.4, -0.2) is 46.5 Å². The summed E-state index contributed by atoms with van der Waals surface area (Å²) in [6, 6.07) is 0. The summed E-state index contributed by atoms with van der Waals surface area (Å²) in [7, 11) is 0. The van der Waals surface area contributed by atoms with Crippen molar-refractivity contribution in [3.05, 3.63) is 0 Å². The van der Waals surface area contributed by atoms with Crippen molar-refractivity contribution in [1.29, 1.82) is 0 Å². The Bertz CT molecular complexity index is 489. The number of rotatable bonds is 3. The van der Waals surface area contributed by atoms with Crippen LogP contribution in [0.4, 0.5) is 0 Å². The molecule has 0 amide bonds. The third-order valence-electron chi connectivity index (χ3n) is 7.89. The molecule has 0 aromatic rings. The van der Waals surface area contributed by atoms with E-state index < -0.39 is 0 Å². The van der Waals surface area contributed by atoms with Crippen LogP contribution >= 0.6 is 0 Å². The van der Waals surface area contributed by atoms with E-state index in [2.05, 4.69) is 58.8 Å². The lowest BCUT2D eigenvalue weighted by molar-refractivity contribution is -0.320. The number of hydroxylamine groups is 2. The lowest BCUT2D eigenvalue weighted by atomic mass is 9.82. The number of piperazine rings is 1. The Hall–Kier alpha value is -0.160. The van der Waals surface area contributed by atoms with Crippen molar-refractivity contribution in [3.8, 4) is 0 Å². The molecule has 1 aliphatic carbocycles. The number of hydrogen-bond acceptors (Lipinski definition) is 4. The van der Waals surface area contributed by atoms with Gasteiger partial charge >= 0.3 is 0 Å². The minimum atomic E-state index is -0.390. The van der Waals surface area contributed by atoms with Crippen molar-refractivity contribution in [2.45, 2.75) is 142 Å². The molecule has 1 saturated carbocycles. The molecule has 1 saturated heterocycles. The standard InChI is InChI=1S/C27H54N2O2/c1-21(2)23-15-13-11-9-8-10-12-14-16-24(30)25(22(3)17-18-23)31-29-26(4,5)19-28-20-27(29,6)7/h21-25,28,30H,8-20H2,1-7H3/t22?,23?,24-,25-/m0/s1. The van der Waals surface area contributed by atoms with Crippen molar-refractivity contribution < 1.29 is 9.94 Å². The van der Waals surface area contributed by atoms with Gasteiger partial charge in [0, 0.05) is 13.1 Å². The molecule has 2 aliphatic rings. The fourth-order valence-corrected chi connectivity index (χ4v) is 5.86. The molecule has 0 bridgehead atoms. The first kappa shape index (κ1) is 27.1. The van der Waals surface area contributed by atoms with Gasteiger partial charge < -0.3 is 10.4 Å². The maximum atomic E-state index is 11.3. The molecular formula is C27H54N2O2. The van der Waals surface area contributed by atoms with Crippen LogP contribution in [0.2, 0.25) is 0 Å². The Labute approximate surface area is 193 Å². The Kier molecular flexibility index (Phi) is 10.8. The van der Waals surface area contributed by atoms with E-state index in [4.69, 9.17) is 4.84 Å². The predicted octanol–water partition coefficient (Wildman–Crippen LogP) is 6.32. The summed E-state index contributed by atoms with van der Waals surface area (Å²) < 4.78 is 0. The second-order valence-corrected chi connectivity index (χ2v) is 12.3. The van der Waals surface area contributed by atoms with Gasteiger partial charge in [-0.3, -0.25) is 4.84 Å². The van der Waals surface area contributed by atoms with Gasteiger partial charge in [0.2, 0.25) is 0 Å². The Morgan fingerprint density at radius 2 is 1.32 bits per heavy atom. The highest BCUT2D eigenvalue weighted by atomic mass is 16.7. The second-order valence-electron chi connectivity index (χ2n) is 12.3. The fraction of sp³-hybridized carbons (Fsp3) is 1.00. The maximum absolute atomic E-state index is 11.3. The van der Waals surface area contributed by atoms with Crippen LogP contribution in [0.3, 0.4) is 0 Å². The summed E-state index contributed by atoms with van der Waals surface area (Å²) in [5.74, 6) is 1.87. The summed E-state index contributed by atoms with van der Waals surface area (Å²) in [6.45, 7) is 17.9. The van der Waals surface area contributed by atoms with E-state index in [9.17, 15) is 5.11 Å². The number of aliphatic hydroxyl groups is 1. The van der Waals surface area contributed by atoms with Crippen LogP contribution in [0.25, 0.3) is 0 Å². The zero-order valence-electron chi connectivity index (χ0n) is 21.9. The highest BCUT2D eigenvalue weighted by molar-refractivity contribution is 4.96. The Morgan fingerprint density at radius 3 is 1.87 bits per heavy atom. The number of aliphatic hydroxyl groups excluding tert-OH is 1. The van der Waals surface area contributed by atoms with Crippen LogP contribution in [0.5, 0.6) is 0 Å². The van der Waals surface area contributed by atoms with E-state index in [-0.39, 0.29) is 23.3 Å². The molecule has 1 aliphatic heterocycles. The van der Waals surface area contributed by atoms with Gasteiger partial charge in [-0.1, -0.05) is 72.1 Å². The van der Waals surface area contributed by atoms with E-state index >= 15 is 0 Å². The molecule has 0 aromatic heterocycles. The molecular weight excluding hydrogens is 384 g/mol. The lowest BCUT2D eigenvalue weighted by Crippen LogP contribution is -2.68. The smallest absolute Gasteiger partial charge is 0.108 e. The first-order valence-electron chi connectivity index (χ1n) is 13.4. The average Bonchev–Trinajstić information content (AvgIpc) is 2.67. The van der Waals surface area contributed by atoms with Crippen molar-refractivity contribution in [3.63, 3.8) is 0 Å². The molecule has 4 nitrogen and oxygen atoms in total. The Balaban J connectivity index is 2.16. The van der Waals surface area contributed by atoms with Crippen molar-refractivity contribution >= 4 is 0 Å². The van der Waals surface area contributed by atoms with Gasteiger partial charge in [0.05, 0.1) is 17.2 Å². The van der Waals surface area contributed by atoms with Gasteiger partial charge in [0.15, 0.2) is 0 Å². The van der Waals surface area contributed by atoms with E-state index in [0.29, 0.717) is 5.92 Å². The van der Waals surface area contributed by atoms with Crippen molar-refractivity contribution in [2.24, 2.45) is 17.8 Å². The topological polar surface area (TPSA) is 44.7 Å². The normalized spacial score (nSPS) is 34.7. The van der Waals surface area contributed by atoms with Gasteiger partial charge in [-0.05, 0) is 64.7 Å². The van der Waals surface area contributed by atoms with E-state index in [1.165, 1.54) is 51.4 Å². The maximum Gasteiger partial charge on any atom is 0.108 e. The van der Waals surface area contributed by atoms with Gasteiger partial charge in [0.1, 0.15) is 6.10 Å². The summed E-state index contributed by atoms with van der Waals surface area (Å²) in [4.78, 5) is 6.81. The highest BCUT2D eigenvalue weighted by Gasteiger charge is 2.45. The molecule has 0 aromatic carbocycles. The zero-order chi connectivity index (χ0) is 23.1. The largest absolute Gasteiger partial charge is 0.390 e. The third kappa shape index (κ3) is 8.28. The summed E-state index contributed by atoms with van der Waals surface area (Å²) in [5.41, 5.74) is -0.197. The van der Waals surface area contributed by atoms with Crippen molar-refractivity contribution in [1.82, 2.24) is 10.4 Å². The summed E-state index contributed by atoms with van der Waals surface area (Å²) >= 11 is 0. The van der Waals surface area contributed by atoms with Crippen molar-refractivity contribution in [2.75, 3.05) is 13.1 Å². The minimum absolute atomic E-state index is 0.0986. The van der Waals surface area contributed by atoms with Gasteiger partial charge in [0.25, 0.3) is 0 Å². The quantitative estimate of drug-likeness (QED) is 0.541. The molecule has 2 unspecified atom stereocenters. The zero-order valence-corrected chi connectivity index (χ0v) is 21.9. The monoisotopic (exact) mass is 438 g/mol. The SMILES string of the molecule is CC(C)C1CCCCCCCCC[C@H](O)[C@@H](ON2C(C)(C)CNCC2(C)C)C(C)CC1. The van der Waals surface area contributed by atoms with Crippen LogP contribution in [0.15, 0.2) is 0 Å². The first-order valence-corrected chi connectivity index (χ1v) is 13.4. The molecule has 1 heterocycles. The van der Waals surface area contributed by atoms with Crippen LogP contribution in [0, 0.1) is 17.8 Å². The molecule has 4 heteroatoms. The molecule has 0 spiro atoms. The van der Waals surface area contributed by atoms with E-state index in [1.807, 2.05) is 0 Å². The predicted molar refractivity (Wildman–Crippen MR) is 132 cm³/mol. The van der Waals surface area contributed by atoms with Gasteiger partial charge in [-0.2, -0.15) is 5.06 Å². The van der Waals surface area contributed by atoms with E-state index in [1.54, 1.807) is 0 Å². The molecule has 2 N–H and O–H groups in total. The minimum Gasteiger partial charge on any atom is -0.390 e. The molecule has 0 radical (unpaired) electrons. The second kappa shape index (κ2) is 12.3. The molecule has 2 fully saturated rings. The molecule has 2 rings (SSSR count). The summed E-state index contributed by atoms with van der Waals surface area (Å²) in [5, 5.41) is 17.1. The first-order chi connectivity index (χ1) is 14.5. The molecule has 184 valence electrons. The van der Waals surface area contributed by atoms with Gasteiger partial charge in [-0.25, -0.2) is 0 Å². The molecule has 4 atom stereocenters. The van der Waals surface area contributed by atoms with Gasteiger partial charge in [-0.15, -0.1) is 0 Å². The third-order valence-corrected chi connectivity index (χ3v) is 7.89. The highest BCUT2D eigenvalue weighted by Crippen LogP contribution is 2.34. The number of nitrogens with one attached hydrogen (secondary N) is 1. The van der Waals surface area contributed by atoms with Crippen LogP contribution in [-0.2, 0) is 4.84 Å². The van der Waals surface area contributed by atoms with Crippen LogP contribution in [0.1, 0.15) is 119 Å². The molecule has 31 heavy (non-hydrogen) atoms. The number of hydrogen-bond donors (Lipinski definition) is 2. The van der Waals surface area contributed by atoms with Crippen LogP contribution < -0.4 is 5.32 Å². The summed E-state index contributed by atoms with van der Waals surface area (Å²) in [6.07, 6.45) is 13.2. The lowest BCUT2D eigenvalue weighted by Gasteiger charge is -2.53. The number of nitrogens with zero attached hydrogens (tertiary/aromatic N) is 1. The Morgan fingerprint density at radius 1 is 0.806 bits per heavy atom. The average molecular weight is 439 g/mol.